The van der Waals surface area contributed by atoms with Crippen molar-refractivity contribution in [3.63, 3.8) is 0 Å². The standard InChI is InChI=1S/C16H22N4O2/c1-22-14-4-2-13(3-5-14)15(21)10-17-8-12-9-18-16-6-7-19-20(16)11-12/h2-7,12,15,17-18,21H,8-11H2,1H3. The SMILES string of the molecule is COc1ccc(C(O)CNCC2CNc3ccnn3C2)cc1. The maximum absolute atomic E-state index is 10.2. The topological polar surface area (TPSA) is 71.3 Å². The van der Waals surface area contributed by atoms with E-state index in [-0.39, 0.29) is 0 Å². The number of anilines is 1. The number of nitrogens with zero attached hydrogens (tertiary/aromatic N) is 2. The number of nitrogens with one attached hydrogen (secondary N) is 2. The van der Waals surface area contributed by atoms with Gasteiger partial charge < -0.3 is 20.5 Å². The van der Waals surface area contributed by atoms with E-state index in [0.717, 1.165) is 36.8 Å². The van der Waals surface area contributed by atoms with Crippen molar-refractivity contribution in [2.45, 2.75) is 12.6 Å². The maximum atomic E-state index is 10.2. The quantitative estimate of drug-likeness (QED) is 0.749. The van der Waals surface area contributed by atoms with Crippen LogP contribution in [-0.4, -0.2) is 41.6 Å². The Bertz CT molecular complexity index is 596. The number of fused-ring (bicyclic) bond motifs is 1. The van der Waals surface area contributed by atoms with Crippen LogP contribution < -0.4 is 15.4 Å². The molecule has 1 aromatic heterocycles. The lowest BCUT2D eigenvalue weighted by molar-refractivity contribution is 0.172. The van der Waals surface area contributed by atoms with E-state index in [1.807, 2.05) is 41.2 Å². The minimum atomic E-state index is -0.511. The first-order valence-corrected chi connectivity index (χ1v) is 7.54. The number of ether oxygens (including phenoxy) is 1. The third-order valence-corrected chi connectivity index (χ3v) is 3.99. The van der Waals surface area contributed by atoms with E-state index in [1.54, 1.807) is 7.11 Å². The van der Waals surface area contributed by atoms with Gasteiger partial charge in [0.2, 0.25) is 0 Å². The molecular formula is C16H22N4O2. The molecule has 0 saturated heterocycles. The smallest absolute Gasteiger partial charge is 0.124 e. The molecule has 0 fully saturated rings. The number of rotatable bonds is 6. The Labute approximate surface area is 130 Å². The van der Waals surface area contributed by atoms with Crippen molar-refractivity contribution in [3.8, 4) is 5.75 Å². The number of hydrogen-bond donors (Lipinski definition) is 3. The van der Waals surface area contributed by atoms with Crippen LogP contribution in [0.1, 0.15) is 11.7 Å². The second-order valence-electron chi connectivity index (χ2n) is 5.59. The van der Waals surface area contributed by atoms with E-state index in [9.17, 15) is 5.11 Å². The van der Waals surface area contributed by atoms with Gasteiger partial charge in [-0.15, -0.1) is 0 Å². The van der Waals surface area contributed by atoms with Crippen molar-refractivity contribution in [3.05, 3.63) is 42.1 Å². The Hall–Kier alpha value is -2.05. The first-order chi connectivity index (χ1) is 10.8. The lowest BCUT2D eigenvalue weighted by Crippen LogP contribution is -2.36. The van der Waals surface area contributed by atoms with Crippen LogP contribution in [0.5, 0.6) is 5.75 Å². The number of methoxy groups -OCH3 is 1. The fourth-order valence-corrected chi connectivity index (χ4v) is 2.69. The molecule has 2 aromatic rings. The molecule has 1 aliphatic rings. The van der Waals surface area contributed by atoms with Gasteiger partial charge in [-0.1, -0.05) is 12.1 Å². The molecule has 2 atom stereocenters. The zero-order valence-electron chi connectivity index (χ0n) is 12.7. The van der Waals surface area contributed by atoms with Crippen LogP contribution in [0.15, 0.2) is 36.5 Å². The number of hydrogen-bond acceptors (Lipinski definition) is 5. The predicted molar refractivity (Wildman–Crippen MR) is 85.0 cm³/mol. The van der Waals surface area contributed by atoms with E-state index in [4.69, 9.17) is 4.74 Å². The van der Waals surface area contributed by atoms with Gasteiger partial charge in [0.05, 0.1) is 19.4 Å². The zero-order chi connectivity index (χ0) is 15.4. The van der Waals surface area contributed by atoms with Gasteiger partial charge in [0, 0.05) is 38.2 Å². The van der Waals surface area contributed by atoms with Gasteiger partial charge in [0.25, 0.3) is 0 Å². The lowest BCUT2D eigenvalue weighted by atomic mass is 10.1. The van der Waals surface area contributed by atoms with Crippen LogP contribution in [0.4, 0.5) is 5.82 Å². The van der Waals surface area contributed by atoms with Crippen LogP contribution >= 0.6 is 0 Å². The summed E-state index contributed by atoms with van der Waals surface area (Å²) >= 11 is 0. The van der Waals surface area contributed by atoms with E-state index in [1.165, 1.54) is 0 Å². The first-order valence-electron chi connectivity index (χ1n) is 7.54. The van der Waals surface area contributed by atoms with Gasteiger partial charge in [-0.05, 0) is 17.7 Å². The zero-order valence-corrected chi connectivity index (χ0v) is 12.7. The van der Waals surface area contributed by atoms with Gasteiger partial charge in [-0.2, -0.15) is 5.10 Å². The van der Waals surface area contributed by atoms with Crippen molar-refractivity contribution < 1.29 is 9.84 Å². The van der Waals surface area contributed by atoms with Gasteiger partial charge >= 0.3 is 0 Å². The highest BCUT2D eigenvalue weighted by Crippen LogP contribution is 2.18. The van der Waals surface area contributed by atoms with Crippen LogP contribution in [0, 0.1) is 5.92 Å². The Balaban J connectivity index is 1.44. The number of benzene rings is 1. The number of aliphatic hydroxyl groups is 1. The lowest BCUT2D eigenvalue weighted by Gasteiger charge is -2.25. The molecule has 6 nitrogen and oxygen atoms in total. The van der Waals surface area contributed by atoms with E-state index < -0.39 is 6.10 Å². The summed E-state index contributed by atoms with van der Waals surface area (Å²) in [5.74, 6) is 2.34. The summed E-state index contributed by atoms with van der Waals surface area (Å²) in [6.45, 7) is 3.21. The van der Waals surface area contributed by atoms with Gasteiger partial charge in [0.1, 0.15) is 11.6 Å². The minimum absolute atomic E-state index is 0.468. The average Bonchev–Trinajstić information content (AvgIpc) is 3.02. The van der Waals surface area contributed by atoms with Crippen molar-refractivity contribution in [2.24, 2.45) is 5.92 Å². The van der Waals surface area contributed by atoms with Crippen LogP contribution in [0.25, 0.3) is 0 Å². The summed E-state index contributed by atoms with van der Waals surface area (Å²) in [4.78, 5) is 0. The van der Waals surface area contributed by atoms with Crippen molar-refractivity contribution in [1.82, 2.24) is 15.1 Å². The van der Waals surface area contributed by atoms with E-state index >= 15 is 0 Å². The fraction of sp³-hybridized carbons (Fsp3) is 0.438. The highest BCUT2D eigenvalue weighted by atomic mass is 16.5. The normalized spacial score (nSPS) is 18.4. The molecule has 2 heterocycles. The molecule has 0 spiro atoms. The van der Waals surface area contributed by atoms with Crippen LogP contribution in [-0.2, 0) is 6.54 Å². The van der Waals surface area contributed by atoms with E-state index in [2.05, 4.69) is 15.7 Å². The van der Waals surface area contributed by atoms with E-state index in [0.29, 0.717) is 12.5 Å². The minimum Gasteiger partial charge on any atom is -0.497 e. The largest absolute Gasteiger partial charge is 0.497 e. The summed E-state index contributed by atoms with van der Waals surface area (Å²) in [6.07, 6.45) is 1.30. The molecule has 2 unspecified atom stereocenters. The Morgan fingerprint density at radius 1 is 1.41 bits per heavy atom. The van der Waals surface area contributed by atoms with Crippen molar-refractivity contribution in [1.29, 1.82) is 0 Å². The summed E-state index contributed by atoms with van der Waals surface area (Å²) < 4.78 is 7.10. The number of aromatic nitrogens is 2. The molecule has 0 radical (unpaired) electrons. The molecular weight excluding hydrogens is 280 g/mol. The van der Waals surface area contributed by atoms with Gasteiger partial charge in [-0.3, -0.25) is 0 Å². The van der Waals surface area contributed by atoms with Crippen LogP contribution in [0.2, 0.25) is 0 Å². The molecule has 0 saturated carbocycles. The van der Waals surface area contributed by atoms with Crippen LogP contribution in [0.3, 0.4) is 0 Å². The maximum Gasteiger partial charge on any atom is 0.124 e. The Morgan fingerprint density at radius 2 is 2.23 bits per heavy atom. The van der Waals surface area contributed by atoms with Gasteiger partial charge in [0.15, 0.2) is 0 Å². The second-order valence-corrected chi connectivity index (χ2v) is 5.59. The molecule has 118 valence electrons. The monoisotopic (exact) mass is 302 g/mol. The number of aliphatic hydroxyl groups excluding tert-OH is 1. The molecule has 1 aliphatic heterocycles. The van der Waals surface area contributed by atoms with Crippen molar-refractivity contribution >= 4 is 5.82 Å². The molecule has 1 aromatic carbocycles. The highest BCUT2D eigenvalue weighted by Gasteiger charge is 2.18. The molecule has 22 heavy (non-hydrogen) atoms. The highest BCUT2D eigenvalue weighted by molar-refractivity contribution is 5.35. The fourth-order valence-electron chi connectivity index (χ4n) is 2.69. The summed E-state index contributed by atoms with van der Waals surface area (Å²) in [6, 6.07) is 9.50. The average molecular weight is 302 g/mol. The van der Waals surface area contributed by atoms with Crippen molar-refractivity contribution in [2.75, 3.05) is 32.1 Å². The summed E-state index contributed by atoms with van der Waals surface area (Å²) in [5, 5.41) is 21.2. The molecule has 0 bridgehead atoms. The Kier molecular flexibility index (Phi) is 4.60. The third kappa shape index (κ3) is 3.40. The first kappa shape index (κ1) is 14.9. The molecule has 3 N–H and O–H groups in total. The molecule has 0 amide bonds. The second kappa shape index (κ2) is 6.81. The molecule has 6 heteroatoms. The summed E-state index contributed by atoms with van der Waals surface area (Å²) in [5.41, 5.74) is 0.893. The molecule has 0 aliphatic carbocycles. The Morgan fingerprint density at radius 3 is 3.00 bits per heavy atom. The summed E-state index contributed by atoms with van der Waals surface area (Å²) in [7, 11) is 1.64. The third-order valence-electron chi connectivity index (χ3n) is 3.99. The van der Waals surface area contributed by atoms with Gasteiger partial charge in [-0.25, -0.2) is 4.68 Å². The molecule has 3 rings (SSSR count). The predicted octanol–water partition coefficient (Wildman–Crippen LogP) is 1.26.